The van der Waals surface area contributed by atoms with Crippen LogP contribution in [0.3, 0.4) is 0 Å². The SMILES string of the molecule is CNC(=O)COc1cccc(Cl)c1CO. The molecule has 0 saturated carbocycles. The number of carbonyl (C=O) groups excluding carboxylic acids is 1. The van der Waals surface area contributed by atoms with Gasteiger partial charge in [0.15, 0.2) is 6.61 Å². The van der Waals surface area contributed by atoms with Crippen molar-refractivity contribution in [2.45, 2.75) is 6.61 Å². The molecule has 0 aliphatic heterocycles. The number of nitrogens with one attached hydrogen (secondary N) is 1. The molecule has 0 spiro atoms. The van der Waals surface area contributed by atoms with E-state index in [0.29, 0.717) is 16.3 Å². The molecule has 0 bridgehead atoms. The highest BCUT2D eigenvalue weighted by molar-refractivity contribution is 6.31. The third-order valence-electron chi connectivity index (χ3n) is 1.87. The van der Waals surface area contributed by atoms with E-state index in [4.69, 9.17) is 21.4 Å². The van der Waals surface area contributed by atoms with Gasteiger partial charge in [0.25, 0.3) is 5.91 Å². The molecule has 82 valence electrons. The van der Waals surface area contributed by atoms with E-state index in [2.05, 4.69) is 5.32 Å². The average molecular weight is 230 g/mol. The number of ether oxygens (including phenoxy) is 1. The standard InChI is InChI=1S/C10H12ClNO3/c1-12-10(14)6-15-9-4-2-3-8(11)7(9)5-13/h2-4,13H,5-6H2,1H3,(H,12,14). The second-order valence-corrected chi connectivity index (χ2v) is 3.24. The van der Waals surface area contributed by atoms with Gasteiger partial charge in [-0.2, -0.15) is 0 Å². The highest BCUT2D eigenvalue weighted by Gasteiger charge is 2.08. The minimum absolute atomic E-state index is 0.0934. The van der Waals surface area contributed by atoms with Crippen LogP contribution < -0.4 is 10.1 Å². The first-order valence-electron chi connectivity index (χ1n) is 4.40. The Bertz CT molecular complexity index is 355. The summed E-state index contributed by atoms with van der Waals surface area (Å²) in [6.07, 6.45) is 0. The highest BCUT2D eigenvalue weighted by Crippen LogP contribution is 2.26. The Labute approximate surface area is 92.8 Å². The van der Waals surface area contributed by atoms with Crippen LogP contribution in [0.2, 0.25) is 5.02 Å². The molecule has 5 heteroatoms. The second-order valence-electron chi connectivity index (χ2n) is 2.84. The first kappa shape index (κ1) is 11.8. The largest absolute Gasteiger partial charge is 0.483 e. The van der Waals surface area contributed by atoms with Gasteiger partial charge in [-0.05, 0) is 12.1 Å². The van der Waals surface area contributed by atoms with Crippen molar-refractivity contribution in [1.29, 1.82) is 0 Å². The van der Waals surface area contributed by atoms with Gasteiger partial charge in [-0.3, -0.25) is 4.79 Å². The Kier molecular flexibility index (Phi) is 4.39. The predicted octanol–water partition coefficient (Wildman–Crippen LogP) is 0.957. The maximum atomic E-state index is 10.9. The summed E-state index contributed by atoms with van der Waals surface area (Å²) in [6, 6.07) is 5.00. The van der Waals surface area contributed by atoms with Crippen LogP contribution in [0.15, 0.2) is 18.2 Å². The number of aliphatic hydroxyl groups excluding tert-OH is 1. The summed E-state index contributed by atoms with van der Waals surface area (Å²) >= 11 is 5.84. The van der Waals surface area contributed by atoms with Gasteiger partial charge < -0.3 is 15.2 Å². The second kappa shape index (κ2) is 5.58. The van der Waals surface area contributed by atoms with Crippen molar-refractivity contribution in [2.75, 3.05) is 13.7 Å². The lowest BCUT2D eigenvalue weighted by molar-refractivity contribution is -0.122. The average Bonchev–Trinajstić information content (AvgIpc) is 2.25. The zero-order valence-corrected chi connectivity index (χ0v) is 9.04. The van der Waals surface area contributed by atoms with Crippen molar-refractivity contribution in [2.24, 2.45) is 0 Å². The topological polar surface area (TPSA) is 58.6 Å². The van der Waals surface area contributed by atoms with Crippen molar-refractivity contribution in [1.82, 2.24) is 5.32 Å². The maximum Gasteiger partial charge on any atom is 0.257 e. The lowest BCUT2D eigenvalue weighted by atomic mass is 10.2. The molecule has 0 atom stereocenters. The van der Waals surface area contributed by atoms with Gasteiger partial charge in [0, 0.05) is 17.6 Å². The van der Waals surface area contributed by atoms with Crippen LogP contribution in [-0.4, -0.2) is 24.7 Å². The number of hydrogen-bond acceptors (Lipinski definition) is 3. The molecule has 1 aromatic carbocycles. The van der Waals surface area contributed by atoms with E-state index in [9.17, 15) is 4.79 Å². The molecule has 0 unspecified atom stereocenters. The molecule has 15 heavy (non-hydrogen) atoms. The summed E-state index contributed by atoms with van der Waals surface area (Å²) in [6.45, 7) is -0.313. The zero-order chi connectivity index (χ0) is 11.3. The van der Waals surface area contributed by atoms with Crippen molar-refractivity contribution in [3.8, 4) is 5.75 Å². The van der Waals surface area contributed by atoms with Crippen LogP contribution in [0.5, 0.6) is 5.75 Å². The number of halogens is 1. The van der Waals surface area contributed by atoms with Crippen LogP contribution in [0.4, 0.5) is 0 Å². The summed E-state index contributed by atoms with van der Waals surface area (Å²) in [5.74, 6) is 0.187. The summed E-state index contributed by atoms with van der Waals surface area (Å²) < 4.78 is 5.21. The Hall–Kier alpha value is -1.26. The first-order chi connectivity index (χ1) is 7.19. The van der Waals surface area contributed by atoms with Crippen LogP contribution in [-0.2, 0) is 11.4 Å². The van der Waals surface area contributed by atoms with E-state index in [-0.39, 0.29) is 19.1 Å². The number of carbonyl (C=O) groups is 1. The van der Waals surface area contributed by atoms with E-state index in [1.54, 1.807) is 18.2 Å². The normalized spacial score (nSPS) is 9.80. The monoisotopic (exact) mass is 229 g/mol. The van der Waals surface area contributed by atoms with Crippen LogP contribution in [0, 0.1) is 0 Å². The summed E-state index contributed by atoms with van der Waals surface area (Å²) in [5.41, 5.74) is 0.489. The minimum Gasteiger partial charge on any atom is -0.483 e. The van der Waals surface area contributed by atoms with Gasteiger partial charge in [0.05, 0.1) is 6.61 Å². The first-order valence-corrected chi connectivity index (χ1v) is 4.78. The van der Waals surface area contributed by atoms with Gasteiger partial charge in [-0.1, -0.05) is 17.7 Å². The van der Waals surface area contributed by atoms with Crippen LogP contribution in [0.1, 0.15) is 5.56 Å². The number of amides is 1. The Morgan fingerprint density at radius 2 is 2.33 bits per heavy atom. The molecule has 4 nitrogen and oxygen atoms in total. The summed E-state index contributed by atoms with van der Waals surface area (Å²) in [5, 5.41) is 11.9. The predicted molar refractivity (Wildman–Crippen MR) is 56.9 cm³/mol. The van der Waals surface area contributed by atoms with E-state index >= 15 is 0 Å². The van der Waals surface area contributed by atoms with Crippen molar-refractivity contribution >= 4 is 17.5 Å². The van der Waals surface area contributed by atoms with Gasteiger partial charge in [0.1, 0.15) is 5.75 Å². The van der Waals surface area contributed by atoms with E-state index in [1.807, 2.05) is 0 Å². The minimum atomic E-state index is -0.237. The Morgan fingerprint density at radius 3 is 2.93 bits per heavy atom. The molecule has 0 aromatic heterocycles. The van der Waals surface area contributed by atoms with E-state index in [1.165, 1.54) is 7.05 Å². The quantitative estimate of drug-likeness (QED) is 0.809. The highest BCUT2D eigenvalue weighted by atomic mass is 35.5. The smallest absolute Gasteiger partial charge is 0.257 e. The number of aliphatic hydroxyl groups is 1. The molecule has 0 fully saturated rings. The fourth-order valence-corrected chi connectivity index (χ4v) is 1.27. The van der Waals surface area contributed by atoms with Crippen LogP contribution in [0.25, 0.3) is 0 Å². The Balaban J connectivity index is 2.76. The number of hydrogen-bond donors (Lipinski definition) is 2. The molecule has 1 rings (SSSR count). The molecule has 0 aliphatic carbocycles. The lowest BCUT2D eigenvalue weighted by Gasteiger charge is -2.10. The van der Waals surface area contributed by atoms with Gasteiger partial charge >= 0.3 is 0 Å². The lowest BCUT2D eigenvalue weighted by Crippen LogP contribution is -2.25. The van der Waals surface area contributed by atoms with Crippen LogP contribution >= 0.6 is 11.6 Å². The fraction of sp³-hybridized carbons (Fsp3) is 0.300. The van der Waals surface area contributed by atoms with Crippen molar-refractivity contribution in [3.63, 3.8) is 0 Å². The molecule has 0 radical (unpaired) electrons. The van der Waals surface area contributed by atoms with Gasteiger partial charge in [-0.25, -0.2) is 0 Å². The Morgan fingerprint density at radius 1 is 1.60 bits per heavy atom. The molecular weight excluding hydrogens is 218 g/mol. The van der Waals surface area contributed by atoms with E-state index in [0.717, 1.165) is 0 Å². The fourth-order valence-electron chi connectivity index (χ4n) is 1.04. The van der Waals surface area contributed by atoms with Gasteiger partial charge in [-0.15, -0.1) is 0 Å². The third kappa shape index (κ3) is 3.11. The molecule has 1 amide bonds. The van der Waals surface area contributed by atoms with Gasteiger partial charge in [0.2, 0.25) is 0 Å². The number of rotatable bonds is 4. The number of benzene rings is 1. The molecule has 0 saturated heterocycles. The van der Waals surface area contributed by atoms with E-state index < -0.39 is 0 Å². The zero-order valence-electron chi connectivity index (χ0n) is 8.29. The molecule has 2 N–H and O–H groups in total. The summed E-state index contributed by atoms with van der Waals surface area (Å²) in [4.78, 5) is 10.9. The molecule has 1 aromatic rings. The number of likely N-dealkylation sites (N-methyl/N-ethyl adjacent to an activating group) is 1. The molecule has 0 aliphatic rings. The third-order valence-corrected chi connectivity index (χ3v) is 2.23. The maximum absolute atomic E-state index is 10.9. The van der Waals surface area contributed by atoms with Crippen molar-refractivity contribution in [3.05, 3.63) is 28.8 Å². The molecule has 0 heterocycles. The molecular formula is C10H12ClNO3. The summed E-state index contributed by atoms with van der Waals surface area (Å²) in [7, 11) is 1.52. The van der Waals surface area contributed by atoms with Crippen molar-refractivity contribution < 1.29 is 14.6 Å².